The van der Waals surface area contributed by atoms with Crippen molar-refractivity contribution >= 4 is 28.8 Å². The van der Waals surface area contributed by atoms with Gasteiger partial charge >= 0.3 is 0 Å². The zero-order valence-corrected chi connectivity index (χ0v) is 7.13. The van der Waals surface area contributed by atoms with E-state index in [4.69, 9.17) is 0 Å². The molecule has 0 rings (SSSR count). The van der Waals surface area contributed by atoms with Crippen LogP contribution in [0.1, 0.15) is 6.92 Å². The van der Waals surface area contributed by atoms with E-state index < -0.39 is 0 Å². The number of rotatable bonds is 3. The predicted molar refractivity (Wildman–Crippen MR) is 47.1 cm³/mol. The highest BCUT2D eigenvalue weighted by atomic mass is 127. The van der Waals surface area contributed by atoms with Crippen molar-refractivity contribution in [2.75, 3.05) is 11.0 Å². The van der Waals surface area contributed by atoms with Gasteiger partial charge in [0, 0.05) is 17.2 Å². The van der Waals surface area contributed by atoms with E-state index in [0.29, 0.717) is 0 Å². The zero-order chi connectivity index (χ0) is 6.24. The summed E-state index contributed by atoms with van der Waals surface area (Å²) in [6, 6.07) is 0. The quantitative estimate of drug-likeness (QED) is 0.394. The summed E-state index contributed by atoms with van der Waals surface area (Å²) < 4.78 is 1.06. The third-order valence-electron chi connectivity index (χ3n) is 0.599. The molecule has 0 fully saturated rings. The summed E-state index contributed by atoms with van der Waals surface area (Å²) in [5.41, 5.74) is 0. The average Bonchev–Trinajstić information content (AvgIpc) is 1.81. The Bertz CT molecular complexity index is 74.5. The molecule has 0 unspecified atom stereocenters. The number of allylic oxidation sites excluding steroid dienone is 2. The Hall–Kier alpha value is 0.140. The first-order valence-corrected chi connectivity index (χ1v) is 4.15. The van der Waals surface area contributed by atoms with Crippen LogP contribution in [0.5, 0.6) is 0 Å². The summed E-state index contributed by atoms with van der Waals surface area (Å²) >= 11 is 2.29. The summed E-state index contributed by atoms with van der Waals surface area (Å²) in [5.74, 6) is 0. The average molecular weight is 223 g/mol. The van der Waals surface area contributed by atoms with E-state index >= 15 is 0 Å². The fourth-order valence-electron chi connectivity index (χ4n) is 0.279. The first-order valence-electron chi connectivity index (χ1n) is 2.62. The second kappa shape index (κ2) is 7.14. The molecule has 0 aromatic carbocycles. The third kappa shape index (κ3) is 6.14. The number of alkyl halides is 1. The third-order valence-corrected chi connectivity index (χ3v) is 1.11. The minimum atomic E-state index is 0.881. The van der Waals surface area contributed by atoms with E-state index in [9.17, 15) is 0 Å². The molecule has 0 aliphatic carbocycles. The fraction of sp³-hybridized carbons (Fsp3) is 0.500. The highest BCUT2D eigenvalue weighted by Crippen LogP contribution is 1.79. The van der Waals surface area contributed by atoms with E-state index in [0.717, 1.165) is 11.0 Å². The van der Waals surface area contributed by atoms with Crippen LogP contribution in [0.15, 0.2) is 17.1 Å². The highest BCUT2D eigenvalue weighted by molar-refractivity contribution is 14.1. The molecule has 0 aromatic heterocycles. The molecule has 0 spiro atoms. The van der Waals surface area contributed by atoms with Gasteiger partial charge in [0.25, 0.3) is 0 Å². The molecule has 0 saturated carbocycles. The van der Waals surface area contributed by atoms with Crippen LogP contribution < -0.4 is 0 Å². The Labute approximate surface area is 64.0 Å². The van der Waals surface area contributed by atoms with Gasteiger partial charge in [-0.2, -0.15) is 0 Å². The first-order chi connectivity index (χ1) is 3.91. The van der Waals surface area contributed by atoms with Crippen molar-refractivity contribution < 1.29 is 0 Å². The Morgan fingerprint density at radius 1 is 1.62 bits per heavy atom. The summed E-state index contributed by atoms with van der Waals surface area (Å²) in [5, 5.41) is 0. The lowest BCUT2D eigenvalue weighted by Gasteiger charge is -1.74. The fourth-order valence-corrected chi connectivity index (χ4v) is 0.572. The SMILES string of the molecule is CC/N=C\C=C/CI. The molecular formula is C6H10IN. The summed E-state index contributed by atoms with van der Waals surface area (Å²) in [7, 11) is 0. The Balaban J connectivity index is 3.13. The Morgan fingerprint density at radius 3 is 2.88 bits per heavy atom. The Morgan fingerprint density at radius 2 is 2.38 bits per heavy atom. The van der Waals surface area contributed by atoms with Crippen molar-refractivity contribution in [1.82, 2.24) is 0 Å². The van der Waals surface area contributed by atoms with Gasteiger partial charge in [0.15, 0.2) is 0 Å². The molecule has 0 bridgehead atoms. The summed E-state index contributed by atoms with van der Waals surface area (Å²) in [4.78, 5) is 3.99. The summed E-state index contributed by atoms with van der Waals surface area (Å²) in [6.07, 6.45) is 5.87. The van der Waals surface area contributed by atoms with E-state index in [1.54, 1.807) is 0 Å². The van der Waals surface area contributed by atoms with Crippen LogP contribution in [0.25, 0.3) is 0 Å². The van der Waals surface area contributed by atoms with Crippen LogP contribution >= 0.6 is 22.6 Å². The van der Waals surface area contributed by atoms with E-state index in [2.05, 4.69) is 33.7 Å². The molecule has 0 aliphatic heterocycles. The van der Waals surface area contributed by atoms with Crippen molar-refractivity contribution in [3.63, 3.8) is 0 Å². The van der Waals surface area contributed by atoms with E-state index in [1.165, 1.54) is 0 Å². The van der Waals surface area contributed by atoms with Gasteiger partial charge in [0.2, 0.25) is 0 Å². The largest absolute Gasteiger partial charge is 0.293 e. The van der Waals surface area contributed by atoms with Gasteiger partial charge in [0.1, 0.15) is 0 Å². The molecule has 1 nitrogen and oxygen atoms in total. The van der Waals surface area contributed by atoms with Crippen molar-refractivity contribution in [3.05, 3.63) is 12.2 Å². The number of halogens is 1. The van der Waals surface area contributed by atoms with Crippen LogP contribution in [0.4, 0.5) is 0 Å². The minimum absolute atomic E-state index is 0.881. The maximum Gasteiger partial charge on any atom is 0.0360 e. The van der Waals surface area contributed by atoms with Crippen molar-refractivity contribution in [2.24, 2.45) is 4.99 Å². The number of hydrogen-bond donors (Lipinski definition) is 0. The molecule has 0 aromatic rings. The molecule has 8 heavy (non-hydrogen) atoms. The Kier molecular flexibility index (Phi) is 7.26. The maximum absolute atomic E-state index is 3.99. The predicted octanol–water partition coefficient (Wildman–Crippen LogP) is 2.07. The van der Waals surface area contributed by atoms with Crippen LogP contribution in [0, 0.1) is 0 Å². The highest BCUT2D eigenvalue weighted by Gasteiger charge is 1.62. The second-order valence-corrected chi connectivity index (χ2v) is 2.11. The lowest BCUT2D eigenvalue weighted by Crippen LogP contribution is -1.68. The van der Waals surface area contributed by atoms with Gasteiger partial charge in [-0.25, -0.2) is 0 Å². The van der Waals surface area contributed by atoms with Gasteiger partial charge < -0.3 is 0 Å². The van der Waals surface area contributed by atoms with Gasteiger partial charge in [-0.05, 0) is 13.0 Å². The lowest BCUT2D eigenvalue weighted by molar-refractivity contribution is 1.14. The molecule has 46 valence electrons. The molecule has 0 N–H and O–H groups in total. The van der Waals surface area contributed by atoms with Gasteiger partial charge in [-0.1, -0.05) is 28.7 Å². The molecule has 0 atom stereocenters. The second-order valence-electron chi connectivity index (χ2n) is 1.23. The molecule has 0 amide bonds. The molecule has 0 heterocycles. The molecular weight excluding hydrogens is 213 g/mol. The standard InChI is InChI=1S/C6H10IN/c1-2-8-6-4-3-5-7/h3-4,6H,2,5H2,1H3/b4-3-,8-6-. The van der Waals surface area contributed by atoms with Crippen LogP contribution in [0.2, 0.25) is 0 Å². The maximum atomic E-state index is 3.99. The normalized spacial score (nSPS) is 11.8. The van der Waals surface area contributed by atoms with Crippen molar-refractivity contribution in [2.45, 2.75) is 6.92 Å². The van der Waals surface area contributed by atoms with Crippen LogP contribution in [0.3, 0.4) is 0 Å². The number of nitrogens with zero attached hydrogens (tertiary/aromatic N) is 1. The zero-order valence-electron chi connectivity index (χ0n) is 4.97. The lowest BCUT2D eigenvalue weighted by atomic mass is 10.6. The topological polar surface area (TPSA) is 12.4 Å². The monoisotopic (exact) mass is 223 g/mol. The number of aliphatic imine (C=N–C) groups is 1. The van der Waals surface area contributed by atoms with Crippen LogP contribution in [-0.2, 0) is 0 Å². The minimum Gasteiger partial charge on any atom is -0.293 e. The van der Waals surface area contributed by atoms with Crippen molar-refractivity contribution in [1.29, 1.82) is 0 Å². The molecule has 0 aliphatic rings. The van der Waals surface area contributed by atoms with E-state index in [-0.39, 0.29) is 0 Å². The molecule has 0 radical (unpaired) electrons. The number of hydrogen-bond acceptors (Lipinski definition) is 1. The first kappa shape index (κ1) is 8.14. The van der Waals surface area contributed by atoms with E-state index in [1.807, 2.05) is 19.2 Å². The summed E-state index contributed by atoms with van der Waals surface area (Å²) in [6.45, 7) is 2.90. The van der Waals surface area contributed by atoms with Crippen LogP contribution in [-0.4, -0.2) is 17.2 Å². The van der Waals surface area contributed by atoms with Crippen molar-refractivity contribution in [3.8, 4) is 0 Å². The molecule has 0 saturated heterocycles. The molecule has 2 heteroatoms. The van der Waals surface area contributed by atoms with Gasteiger partial charge in [0.05, 0.1) is 0 Å². The van der Waals surface area contributed by atoms with Gasteiger partial charge in [-0.15, -0.1) is 0 Å². The van der Waals surface area contributed by atoms with Gasteiger partial charge in [-0.3, -0.25) is 4.99 Å². The smallest absolute Gasteiger partial charge is 0.0360 e.